The average molecular weight is 290 g/mol. The molecule has 2 N–H and O–H groups in total. The van der Waals surface area contributed by atoms with E-state index in [0.717, 1.165) is 29.6 Å². The fraction of sp³-hybridized carbons (Fsp3) is 0.500. The monoisotopic (exact) mass is 290 g/mol. The van der Waals surface area contributed by atoms with Crippen molar-refractivity contribution in [2.75, 3.05) is 12.3 Å². The molecule has 0 aliphatic carbocycles. The van der Waals surface area contributed by atoms with Crippen molar-refractivity contribution in [1.29, 1.82) is 0 Å². The molecule has 1 saturated heterocycles. The van der Waals surface area contributed by atoms with Crippen LogP contribution in [0.5, 0.6) is 0 Å². The van der Waals surface area contributed by atoms with Gasteiger partial charge in [0, 0.05) is 18.0 Å². The lowest BCUT2D eigenvalue weighted by Crippen LogP contribution is -2.38. The Kier molecular flexibility index (Phi) is 3.56. The van der Waals surface area contributed by atoms with Gasteiger partial charge in [-0.25, -0.2) is 0 Å². The molecule has 0 bridgehead atoms. The number of nitrogens with zero attached hydrogens (tertiary/aromatic N) is 3. The van der Waals surface area contributed by atoms with E-state index in [2.05, 4.69) is 17.1 Å². The summed E-state index contributed by atoms with van der Waals surface area (Å²) >= 11 is 1.34. The fourth-order valence-electron chi connectivity index (χ4n) is 2.74. The SMILES string of the molecule is CC1CCCCCN1C(=O)c1sc2nnccc2c1N. The van der Waals surface area contributed by atoms with Crippen molar-refractivity contribution in [2.24, 2.45) is 0 Å². The quantitative estimate of drug-likeness (QED) is 0.876. The Morgan fingerprint density at radius 2 is 2.30 bits per heavy atom. The number of thiophene rings is 1. The molecule has 2 aromatic rings. The first-order valence-corrected chi connectivity index (χ1v) is 7.80. The van der Waals surface area contributed by atoms with E-state index in [9.17, 15) is 4.79 Å². The summed E-state index contributed by atoms with van der Waals surface area (Å²) in [7, 11) is 0. The summed E-state index contributed by atoms with van der Waals surface area (Å²) in [6.45, 7) is 2.94. The predicted molar refractivity (Wildman–Crippen MR) is 80.8 cm³/mol. The van der Waals surface area contributed by atoms with Crippen LogP contribution in [0.1, 0.15) is 42.3 Å². The van der Waals surface area contributed by atoms with Gasteiger partial charge in [-0.3, -0.25) is 4.79 Å². The number of hydrogen-bond acceptors (Lipinski definition) is 5. The highest BCUT2D eigenvalue weighted by Gasteiger charge is 2.27. The lowest BCUT2D eigenvalue weighted by molar-refractivity contribution is 0.0704. The van der Waals surface area contributed by atoms with E-state index >= 15 is 0 Å². The van der Waals surface area contributed by atoms with E-state index in [-0.39, 0.29) is 11.9 Å². The molecule has 106 valence electrons. The number of carbonyl (C=O) groups excluding carboxylic acids is 1. The van der Waals surface area contributed by atoms with Crippen LogP contribution in [0, 0.1) is 0 Å². The minimum Gasteiger partial charge on any atom is -0.397 e. The number of hydrogen-bond donors (Lipinski definition) is 1. The van der Waals surface area contributed by atoms with Gasteiger partial charge in [0.05, 0.1) is 11.9 Å². The van der Waals surface area contributed by atoms with Crippen LogP contribution in [-0.4, -0.2) is 33.6 Å². The zero-order valence-electron chi connectivity index (χ0n) is 11.5. The van der Waals surface area contributed by atoms with Gasteiger partial charge in [-0.15, -0.1) is 16.4 Å². The van der Waals surface area contributed by atoms with Crippen molar-refractivity contribution in [1.82, 2.24) is 15.1 Å². The summed E-state index contributed by atoms with van der Waals surface area (Å²) < 4.78 is 0. The molecule has 20 heavy (non-hydrogen) atoms. The van der Waals surface area contributed by atoms with Crippen molar-refractivity contribution >= 4 is 33.1 Å². The number of aromatic nitrogens is 2. The maximum absolute atomic E-state index is 12.8. The fourth-order valence-corrected chi connectivity index (χ4v) is 3.73. The summed E-state index contributed by atoms with van der Waals surface area (Å²) in [5.41, 5.74) is 6.67. The lowest BCUT2D eigenvalue weighted by Gasteiger charge is -2.26. The minimum absolute atomic E-state index is 0.0416. The third-order valence-electron chi connectivity index (χ3n) is 3.93. The van der Waals surface area contributed by atoms with Crippen LogP contribution in [-0.2, 0) is 0 Å². The maximum Gasteiger partial charge on any atom is 0.266 e. The number of amides is 1. The third-order valence-corrected chi connectivity index (χ3v) is 5.02. The van der Waals surface area contributed by atoms with Gasteiger partial charge in [-0.05, 0) is 25.8 Å². The van der Waals surface area contributed by atoms with Crippen LogP contribution in [0.25, 0.3) is 10.2 Å². The number of nitrogen functional groups attached to an aromatic ring is 1. The molecule has 1 aliphatic rings. The van der Waals surface area contributed by atoms with E-state index in [0.29, 0.717) is 10.6 Å². The third kappa shape index (κ3) is 2.24. The van der Waals surface area contributed by atoms with Crippen molar-refractivity contribution in [3.05, 3.63) is 17.1 Å². The Balaban J connectivity index is 1.97. The largest absolute Gasteiger partial charge is 0.397 e. The van der Waals surface area contributed by atoms with Crippen LogP contribution in [0.2, 0.25) is 0 Å². The summed E-state index contributed by atoms with van der Waals surface area (Å²) in [6.07, 6.45) is 6.13. The molecule has 3 rings (SSSR count). The molecule has 3 heterocycles. The number of carbonyl (C=O) groups is 1. The Bertz CT molecular complexity index is 639. The van der Waals surface area contributed by atoms with Crippen molar-refractivity contribution in [2.45, 2.75) is 38.6 Å². The highest BCUT2D eigenvalue weighted by Crippen LogP contribution is 2.33. The second kappa shape index (κ2) is 5.36. The Morgan fingerprint density at radius 1 is 1.45 bits per heavy atom. The molecule has 2 aromatic heterocycles. The summed E-state index contributed by atoms with van der Waals surface area (Å²) in [5, 5.41) is 8.72. The van der Waals surface area contributed by atoms with Gasteiger partial charge in [0.15, 0.2) is 0 Å². The van der Waals surface area contributed by atoms with Crippen LogP contribution < -0.4 is 5.73 Å². The molecule has 1 unspecified atom stereocenters. The molecule has 0 aromatic carbocycles. The van der Waals surface area contributed by atoms with Crippen LogP contribution in [0.15, 0.2) is 12.3 Å². The molecular weight excluding hydrogens is 272 g/mol. The second-order valence-corrected chi connectivity index (χ2v) is 6.29. The van der Waals surface area contributed by atoms with Crippen LogP contribution >= 0.6 is 11.3 Å². The molecule has 6 heteroatoms. The van der Waals surface area contributed by atoms with Crippen molar-refractivity contribution in [3.63, 3.8) is 0 Å². The number of rotatable bonds is 1. The smallest absolute Gasteiger partial charge is 0.266 e. The zero-order chi connectivity index (χ0) is 14.1. The van der Waals surface area contributed by atoms with Gasteiger partial charge in [-0.1, -0.05) is 12.8 Å². The molecule has 0 saturated carbocycles. The van der Waals surface area contributed by atoms with Gasteiger partial charge in [0.1, 0.15) is 9.71 Å². The molecule has 1 amide bonds. The standard InChI is InChI=1S/C14H18N4OS/c1-9-5-3-2-4-8-18(9)14(19)12-11(15)10-6-7-16-17-13(10)20-12/h6-7,9H,2-5,8,15H2,1H3. The molecule has 1 atom stereocenters. The van der Waals surface area contributed by atoms with E-state index in [1.807, 2.05) is 11.0 Å². The second-order valence-electron chi connectivity index (χ2n) is 5.29. The number of fused-ring (bicyclic) bond motifs is 1. The summed E-state index contributed by atoms with van der Waals surface area (Å²) in [4.78, 5) is 16.1. The van der Waals surface area contributed by atoms with Crippen LogP contribution in [0.4, 0.5) is 5.69 Å². The summed E-state index contributed by atoms with van der Waals surface area (Å²) in [5.74, 6) is 0.0416. The van der Waals surface area contributed by atoms with Crippen molar-refractivity contribution < 1.29 is 4.79 Å². The van der Waals surface area contributed by atoms with E-state index in [1.165, 1.54) is 24.2 Å². The summed E-state index contributed by atoms with van der Waals surface area (Å²) in [6, 6.07) is 2.09. The first-order chi connectivity index (χ1) is 9.68. The highest BCUT2D eigenvalue weighted by atomic mass is 32.1. The van der Waals surface area contributed by atoms with Gasteiger partial charge in [0.2, 0.25) is 0 Å². The lowest BCUT2D eigenvalue weighted by atomic mass is 10.1. The highest BCUT2D eigenvalue weighted by molar-refractivity contribution is 7.21. The van der Waals surface area contributed by atoms with Gasteiger partial charge in [0.25, 0.3) is 5.91 Å². The van der Waals surface area contributed by atoms with E-state index < -0.39 is 0 Å². The molecule has 1 fully saturated rings. The van der Waals surface area contributed by atoms with E-state index in [4.69, 9.17) is 5.73 Å². The molecule has 1 aliphatic heterocycles. The first kappa shape index (κ1) is 13.3. The maximum atomic E-state index is 12.8. The van der Waals surface area contributed by atoms with Gasteiger partial charge in [-0.2, -0.15) is 5.10 Å². The van der Waals surface area contributed by atoms with E-state index in [1.54, 1.807) is 6.20 Å². The van der Waals surface area contributed by atoms with Crippen LogP contribution in [0.3, 0.4) is 0 Å². The number of likely N-dealkylation sites (tertiary alicyclic amines) is 1. The molecule has 0 spiro atoms. The molecule has 0 radical (unpaired) electrons. The predicted octanol–water partition coefficient (Wildman–Crippen LogP) is 2.68. The van der Waals surface area contributed by atoms with Gasteiger partial charge < -0.3 is 10.6 Å². The average Bonchev–Trinajstić information content (AvgIpc) is 2.64. The normalized spacial score (nSPS) is 20.1. The number of nitrogens with two attached hydrogens (primary N) is 1. The van der Waals surface area contributed by atoms with Crippen molar-refractivity contribution in [3.8, 4) is 0 Å². The van der Waals surface area contributed by atoms with Gasteiger partial charge >= 0.3 is 0 Å². The minimum atomic E-state index is 0.0416. The topological polar surface area (TPSA) is 72.1 Å². The zero-order valence-corrected chi connectivity index (χ0v) is 12.3. The molecular formula is C14H18N4OS. The number of anilines is 1. The Labute approximate surface area is 121 Å². The Morgan fingerprint density at radius 3 is 3.10 bits per heavy atom. The molecule has 5 nitrogen and oxygen atoms in total. The first-order valence-electron chi connectivity index (χ1n) is 6.99. The Hall–Kier alpha value is -1.69.